The maximum Gasteiger partial charge on any atom is 0.255 e. The van der Waals surface area contributed by atoms with Gasteiger partial charge >= 0.3 is 0 Å². The molecule has 3 rings (SSSR count). The van der Waals surface area contributed by atoms with Crippen LogP contribution in [0.15, 0.2) is 40.8 Å². The van der Waals surface area contributed by atoms with Crippen molar-refractivity contribution in [3.8, 4) is 0 Å². The number of aryl methyl sites for hydroxylation is 2. The fourth-order valence-corrected chi connectivity index (χ4v) is 3.38. The zero-order valence-electron chi connectivity index (χ0n) is 14.2. The number of benzene rings is 1. The summed E-state index contributed by atoms with van der Waals surface area (Å²) in [5, 5.41) is 12.7. The molecule has 0 saturated carbocycles. The number of aliphatic hydroxyl groups excluding tert-OH is 1. The first-order chi connectivity index (χ1) is 11.6. The van der Waals surface area contributed by atoms with Crippen LogP contribution in [0, 0.1) is 19.8 Å². The number of amides is 1. The summed E-state index contributed by atoms with van der Waals surface area (Å²) in [5.74, 6) is 1.28. The molecule has 1 aliphatic heterocycles. The maximum atomic E-state index is 12.5. The summed E-state index contributed by atoms with van der Waals surface area (Å²) in [6.07, 6.45) is 0. The van der Waals surface area contributed by atoms with E-state index in [-0.39, 0.29) is 24.5 Å². The van der Waals surface area contributed by atoms with Crippen molar-refractivity contribution in [1.29, 1.82) is 0 Å². The van der Waals surface area contributed by atoms with E-state index in [4.69, 9.17) is 4.42 Å². The third-order valence-electron chi connectivity index (χ3n) is 4.60. The molecule has 1 amide bonds. The fourth-order valence-electron chi connectivity index (χ4n) is 3.38. The molecule has 1 fully saturated rings. The van der Waals surface area contributed by atoms with Gasteiger partial charge in [0.05, 0.1) is 5.56 Å². The SMILES string of the molecule is Cc1cc(C(=O)N[C@@H]2CN(Cc3ccccc3)C[C@H]2CO)c(C)o1. The predicted octanol–water partition coefficient (Wildman–Crippen LogP) is 2.12. The Morgan fingerprint density at radius 1 is 1.29 bits per heavy atom. The van der Waals surface area contributed by atoms with Crippen molar-refractivity contribution in [3.05, 3.63) is 59.0 Å². The molecule has 1 aromatic heterocycles. The first-order valence-electron chi connectivity index (χ1n) is 8.32. The van der Waals surface area contributed by atoms with Crippen LogP contribution < -0.4 is 5.32 Å². The van der Waals surface area contributed by atoms with E-state index in [9.17, 15) is 9.90 Å². The van der Waals surface area contributed by atoms with Crippen LogP contribution in [0.25, 0.3) is 0 Å². The quantitative estimate of drug-likeness (QED) is 0.882. The fraction of sp³-hybridized carbons (Fsp3) is 0.421. The highest BCUT2D eigenvalue weighted by atomic mass is 16.3. The maximum absolute atomic E-state index is 12.5. The van der Waals surface area contributed by atoms with Gasteiger partial charge in [-0.3, -0.25) is 9.69 Å². The van der Waals surface area contributed by atoms with Crippen LogP contribution >= 0.6 is 0 Å². The van der Waals surface area contributed by atoms with Crippen LogP contribution in [0.2, 0.25) is 0 Å². The van der Waals surface area contributed by atoms with Crippen molar-refractivity contribution >= 4 is 5.91 Å². The van der Waals surface area contributed by atoms with Crippen molar-refractivity contribution in [1.82, 2.24) is 10.2 Å². The van der Waals surface area contributed by atoms with Crippen molar-refractivity contribution in [2.75, 3.05) is 19.7 Å². The zero-order chi connectivity index (χ0) is 17.1. The summed E-state index contributed by atoms with van der Waals surface area (Å²) < 4.78 is 5.43. The van der Waals surface area contributed by atoms with Gasteiger partial charge in [0.25, 0.3) is 5.91 Å². The first-order valence-corrected chi connectivity index (χ1v) is 8.32. The number of nitrogens with zero attached hydrogens (tertiary/aromatic N) is 1. The van der Waals surface area contributed by atoms with Crippen LogP contribution in [0.5, 0.6) is 0 Å². The molecule has 0 aliphatic carbocycles. The van der Waals surface area contributed by atoms with E-state index in [1.807, 2.05) is 25.1 Å². The lowest BCUT2D eigenvalue weighted by Gasteiger charge is -2.18. The van der Waals surface area contributed by atoms with Crippen molar-refractivity contribution in [2.24, 2.45) is 5.92 Å². The molecular weight excluding hydrogens is 304 g/mol. The Bertz CT molecular complexity index is 696. The molecule has 0 bridgehead atoms. The number of hydrogen-bond acceptors (Lipinski definition) is 4. The van der Waals surface area contributed by atoms with Crippen LogP contribution in [0.4, 0.5) is 0 Å². The second-order valence-electron chi connectivity index (χ2n) is 6.53. The molecule has 5 heteroatoms. The van der Waals surface area contributed by atoms with E-state index in [1.54, 1.807) is 13.0 Å². The van der Waals surface area contributed by atoms with E-state index in [0.29, 0.717) is 11.3 Å². The van der Waals surface area contributed by atoms with E-state index in [0.717, 1.165) is 25.4 Å². The Labute approximate surface area is 142 Å². The Morgan fingerprint density at radius 3 is 2.67 bits per heavy atom. The molecule has 2 aromatic rings. The first kappa shape index (κ1) is 16.7. The molecule has 128 valence electrons. The van der Waals surface area contributed by atoms with Gasteiger partial charge < -0.3 is 14.8 Å². The summed E-state index contributed by atoms with van der Waals surface area (Å²) >= 11 is 0. The van der Waals surface area contributed by atoms with Crippen molar-refractivity contribution in [2.45, 2.75) is 26.4 Å². The van der Waals surface area contributed by atoms with Crippen molar-refractivity contribution < 1.29 is 14.3 Å². The van der Waals surface area contributed by atoms with Gasteiger partial charge in [0.1, 0.15) is 11.5 Å². The van der Waals surface area contributed by atoms with Gasteiger partial charge in [-0.05, 0) is 25.5 Å². The normalized spacial score (nSPS) is 21.1. The van der Waals surface area contributed by atoms with Crippen LogP contribution in [0.1, 0.15) is 27.4 Å². The summed E-state index contributed by atoms with van der Waals surface area (Å²) in [5.41, 5.74) is 1.81. The summed E-state index contributed by atoms with van der Waals surface area (Å²) in [6, 6.07) is 11.9. The second-order valence-corrected chi connectivity index (χ2v) is 6.53. The second kappa shape index (κ2) is 7.20. The summed E-state index contributed by atoms with van der Waals surface area (Å²) in [6.45, 7) is 6.04. The molecule has 2 N–H and O–H groups in total. The monoisotopic (exact) mass is 328 g/mol. The Morgan fingerprint density at radius 2 is 2.04 bits per heavy atom. The largest absolute Gasteiger partial charge is 0.466 e. The number of likely N-dealkylation sites (tertiary alicyclic amines) is 1. The van der Waals surface area contributed by atoms with Gasteiger partial charge in [-0.2, -0.15) is 0 Å². The summed E-state index contributed by atoms with van der Waals surface area (Å²) in [7, 11) is 0. The molecule has 2 atom stereocenters. The molecule has 0 radical (unpaired) electrons. The van der Waals surface area contributed by atoms with E-state index in [2.05, 4.69) is 22.3 Å². The molecule has 0 unspecified atom stereocenters. The third-order valence-corrected chi connectivity index (χ3v) is 4.60. The molecule has 1 aliphatic rings. The van der Waals surface area contributed by atoms with Crippen LogP contribution in [0.3, 0.4) is 0 Å². The minimum atomic E-state index is -0.130. The highest BCUT2D eigenvalue weighted by molar-refractivity contribution is 5.95. The molecule has 2 heterocycles. The number of carbonyl (C=O) groups excluding carboxylic acids is 1. The molecule has 5 nitrogen and oxygen atoms in total. The Hall–Kier alpha value is -2.11. The van der Waals surface area contributed by atoms with E-state index in [1.165, 1.54) is 5.56 Å². The van der Waals surface area contributed by atoms with Gasteiger partial charge in [0.15, 0.2) is 0 Å². The Kier molecular flexibility index (Phi) is 5.02. The Balaban J connectivity index is 1.64. The minimum Gasteiger partial charge on any atom is -0.466 e. The molecular formula is C19H24N2O3. The number of carbonyl (C=O) groups is 1. The highest BCUT2D eigenvalue weighted by Gasteiger charge is 2.33. The number of nitrogens with one attached hydrogen (secondary N) is 1. The topological polar surface area (TPSA) is 65.7 Å². The number of rotatable bonds is 5. The molecule has 0 spiro atoms. The molecule has 24 heavy (non-hydrogen) atoms. The van der Waals surface area contributed by atoms with Gasteiger partial charge in [-0.1, -0.05) is 30.3 Å². The standard InChI is InChI=1S/C19H24N2O3/c1-13-8-17(14(2)24-13)19(23)20-18-11-21(10-16(18)12-22)9-15-6-4-3-5-7-15/h3-8,16,18,22H,9-12H2,1-2H3,(H,20,23)/t16-,18+/m0/s1. The van der Waals surface area contributed by atoms with Gasteiger partial charge in [-0.15, -0.1) is 0 Å². The van der Waals surface area contributed by atoms with Crippen molar-refractivity contribution in [3.63, 3.8) is 0 Å². The van der Waals surface area contributed by atoms with Gasteiger partial charge in [-0.25, -0.2) is 0 Å². The average molecular weight is 328 g/mol. The number of hydrogen-bond donors (Lipinski definition) is 2. The van der Waals surface area contributed by atoms with Crippen LogP contribution in [-0.4, -0.2) is 41.7 Å². The predicted molar refractivity (Wildman–Crippen MR) is 91.7 cm³/mol. The van der Waals surface area contributed by atoms with Gasteiger partial charge in [0.2, 0.25) is 0 Å². The third kappa shape index (κ3) is 3.68. The average Bonchev–Trinajstić information content (AvgIpc) is 3.10. The van der Waals surface area contributed by atoms with Crippen LogP contribution in [-0.2, 0) is 6.54 Å². The number of aliphatic hydroxyl groups is 1. The minimum absolute atomic E-state index is 0.0472. The van der Waals surface area contributed by atoms with E-state index >= 15 is 0 Å². The lowest BCUT2D eigenvalue weighted by molar-refractivity contribution is 0.0919. The molecule has 1 saturated heterocycles. The van der Waals surface area contributed by atoms with E-state index < -0.39 is 0 Å². The highest BCUT2D eigenvalue weighted by Crippen LogP contribution is 2.21. The smallest absolute Gasteiger partial charge is 0.255 e. The number of furan rings is 1. The lowest BCUT2D eigenvalue weighted by atomic mass is 10.0. The van der Waals surface area contributed by atoms with Gasteiger partial charge in [0, 0.05) is 38.2 Å². The zero-order valence-corrected chi connectivity index (χ0v) is 14.2. The summed E-state index contributed by atoms with van der Waals surface area (Å²) in [4.78, 5) is 14.8. The molecule has 1 aromatic carbocycles. The lowest BCUT2D eigenvalue weighted by Crippen LogP contribution is -2.41.